The Kier molecular flexibility index (Phi) is 4.65. The maximum atomic E-state index is 12.8. The summed E-state index contributed by atoms with van der Waals surface area (Å²) in [5, 5.41) is 11.5. The lowest BCUT2D eigenvalue weighted by Gasteiger charge is -2.27. The van der Waals surface area contributed by atoms with Crippen LogP contribution >= 0.6 is 23.2 Å². The first kappa shape index (κ1) is 17.3. The van der Waals surface area contributed by atoms with Crippen molar-refractivity contribution in [2.75, 3.05) is 7.05 Å². The Morgan fingerprint density at radius 1 is 1.38 bits per heavy atom. The number of nitrogens with zero attached hydrogens (tertiary/aromatic N) is 1. The van der Waals surface area contributed by atoms with Crippen molar-refractivity contribution in [1.82, 2.24) is 4.90 Å². The maximum absolute atomic E-state index is 12.8. The van der Waals surface area contributed by atoms with Crippen LogP contribution in [0.2, 0.25) is 10.0 Å². The Hall–Kier alpha value is -1.49. The number of halogens is 2. The molecule has 2 aromatic rings. The SMILES string of the molecule is CCc1oc(C(=O)N(C)[C@H]2c3cc(Cl)cc(Cl)c3C[C@@H]2O)cc1C. The van der Waals surface area contributed by atoms with E-state index in [1.54, 1.807) is 25.2 Å². The van der Waals surface area contributed by atoms with Crippen LogP contribution in [0.5, 0.6) is 0 Å². The van der Waals surface area contributed by atoms with Crippen molar-refractivity contribution in [1.29, 1.82) is 0 Å². The molecule has 1 heterocycles. The molecule has 1 N–H and O–H groups in total. The Balaban J connectivity index is 1.95. The predicted molar refractivity (Wildman–Crippen MR) is 93.8 cm³/mol. The molecule has 6 heteroatoms. The van der Waals surface area contributed by atoms with Gasteiger partial charge in [0.25, 0.3) is 5.91 Å². The third-order valence-electron chi connectivity index (χ3n) is 4.58. The summed E-state index contributed by atoms with van der Waals surface area (Å²) < 4.78 is 5.65. The van der Waals surface area contributed by atoms with E-state index in [9.17, 15) is 9.90 Å². The number of hydrogen-bond acceptors (Lipinski definition) is 3. The minimum atomic E-state index is -0.730. The van der Waals surface area contributed by atoms with E-state index in [1.165, 1.54) is 4.90 Å². The summed E-state index contributed by atoms with van der Waals surface area (Å²) in [4.78, 5) is 14.3. The van der Waals surface area contributed by atoms with Crippen LogP contribution in [0, 0.1) is 6.92 Å². The lowest BCUT2D eigenvalue weighted by Crippen LogP contribution is -2.35. The van der Waals surface area contributed by atoms with Gasteiger partial charge in [-0.3, -0.25) is 4.79 Å². The zero-order valence-corrected chi connectivity index (χ0v) is 15.3. The third kappa shape index (κ3) is 2.83. The first-order valence-electron chi connectivity index (χ1n) is 7.85. The summed E-state index contributed by atoms with van der Waals surface area (Å²) in [7, 11) is 1.66. The fourth-order valence-corrected chi connectivity index (χ4v) is 3.96. The van der Waals surface area contributed by atoms with E-state index in [-0.39, 0.29) is 11.7 Å². The number of rotatable bonds is 3. The van der Waals surface area contributed by atoms with Gasteiger partial charge in [0.1, 0.15) is 5.76 Å². The number of carbonyl (C=O) groups excluding carboxylic acids is 1. The van der Waals surface area contributed by atoms with Crippen LogP contribution in [0.3, 0.4) is 0 Å². The van der Waals surface area contributed by atoms with E-state index in [1.807, 2.05) is 13.8 Å². The second kappa shape index (κ2) is 6.43. The monoisotopic (exact) mass is 367 g/mol. The number of amides is 1. The molecule has 128 valence electrons. The summed E-state index contributed by atoms with van der Waals surface area (Å²) in [6.45, 7) is 3.89. The molecule has 0 bridgehead atoms. The minimum absolute atomic E-state index is 0.272. The standard InChI is InChI=1S/C18H19Cl2NO3/c1-4-15-9(2)5-16(24-15)18(23)21(3)17-12-6-10(19)7-13(20)11(12)8-14(17)22/h5-7,14,17,22H,4,8H2,1-3H3/t14-,17-/m0/s1. The first-order chi connectivity index (χ1) is 11.3. The average molecular weight is 368 g/mol. The molecule has 2 atom stereocenters. The van der Waals surface area contributed by atoms with Crippen molar-refractivity contribution in [3.8, 4) is 0 Å². The van der Waals surface area contributed by atoms with Crippen LogP contribution in [0.25, 0.3) is 0 Å². The highest BCUT2D eigenvalue weighted by Crippen LogP contribution is 2.41. The Morgan fingerprint density at radius 2 is 2.08 bits per heavy atom. The number of furan rings is 1. The smallest absolute Gasteiger partial charge is 0.289 e. The van der Waals surface area contributed by atoms with Crippen LogP contribution in [0.15, 0.2) is 22.6 Å². The molecule has 1 aromatic heterocycles. The molecule has 0 radical (unpaired) electrons. The molecule has 1 aliphatic rings. The number of aliphatic hydroxyl groups excluding tert-OH is 1. The number of benzene rings is 1. The maximum Gasteiger partial charge on any atom is 0.289 e. The number of carbonyl (C=O) groups is 1. The van der Waals surface area contributed by atoms with Gasteiger partial charge in [-0.25, -0.2) is 0 Å². The largest absolute Gasteiger partial charge is 0.456 e. The van der Waals surface area contributed by atoms with Gasteiger partial charge in [0, 0.05) is 29.9 Å². The number of fused-ring (bicyclic) bond motifs is 1. The van der Waals surface area contributed by atoms with Gasteiger partial charge >= 0.3 is 0 Å². The number of hydrogen-bond donors (Lipinski definition) is 1. The second-order valence-electron chi connectivity index (χ2n) is 6.16. The molecule has 0 unspecified atom stereocenters. The average Bonchev–Trinajstić information content (AvgIpc) is 3.05. The first-order valence-corrected chi connectivity index (χ1v) is 8.61. The lowest BCUT2D eigenvalue weighted by molar-refractivity contribution is 0.0470. The van der Waals surface area contributed by atoms with Gasteiger partial charge in [0.2, 0.25) is 0 Å². The van der Waals surface area contributed by atoms with Crippen LogP contribution in [0.1, 0.15) is 46.0 Å². The van der Waals surface area contributed by atoms with Gasteiger partial charge in [-0.15, -0.1) is 0 Å². The van der Waals surface area contributed by atoms with Gasteiger partial charge in [0.05, 0.1) is 12.1 Å². The molecule has 0 saturated heterocycles. The van der Waals surface area contributed by atoms with Gasteiger partial charge in [-0.2, -0.15) is 0 Å². The van der Waals surface area contributed by atoms with E-state index in [0.717, 1.165) is 28.9 Å². The second-order valence-corrected chi connectivity index (χ2v) is 7.00. The van der Waals surface area contributed by atoms with Crippen molar-refractivity contribution in [3.63, 3.8) is 0 Å². The topological polar surface area (TPSA) is 53.7 Å². The van der Waals surface area contributed by atoms with Crippen molar-refractivity contribution in [3.05, 3.63) is 56.5 Å². The van der Waals surface area contributed by atoms with E-state index in [0.29, 0.717) is 16.5 Å². The third-order valence-corrected chi connectivity index (χ3v) is 5.14. The Labute approximate surface area is 151 Å². The summed E-state index contributed by atoms with van der Waals surface area (Å²) in [6, 6.07) is 4.66. The van der Waals surface area contributed by atoms with Gasteiger partial charge in [0.15, 0.2) is 5.76 Å². The Bertz CT molecular complexity index is 800. The lowest BCUT2D eigenvalue weighted by atomic mass is 10.1. The van der Waals surface area contributed by atoms with Gasteiger partial charge < -0.3 is 14.4 Å². The summed E-state index contributed by atoms with van der Waals surface area (Å²) >= 11 is 12.3. The molecule has 1 amide bonds. The van der Waals surface area contributed by atoms with Crippen molar-refractivity contribution in [2.45, 2.75) is 38.8 Å². The van der Waals surface area contributed by atoms with Crippen molar-refractivity contribution < 1.29 is 14.3 Å². The quantitative estimate of drug-likeness (QED) is 0.884. The van der Waals surface area contributed by atoms with Crippen molar-refractivity contribution >= 4 is 29.1 Å². The molecule has 0 aliphatic heterocycles. The van der Waals surface area contributed by atoms with Crippen LogP contribution < -0.4 is 0 Å². The summed E-state index contributed by atoms with van der Waals surface area (Å²) in [5.41, 5.74) is 2.57. The fraction of sp³-hybridized carbons (Fsp3) is 0.389. The number of aryl methyl sites for hydroxylation is 2. The van der Waals surface area contributed by atoms with E-state index in [2.05, 4.69) is 0 Å². The zero-order valence-electron chi connectivity index (χ0n) is 13.8. The highest BCUT2D eigenvalue weighted by atomic mass is 35.5. The highest BCUT2D eigenvalue weighted by Gasteiger charge is 2.38. The summed E-state index contributed by atoms with van der Waals surface area (Å²) in [5.74, 6) is 0.802. The molecule has 0 fully saturated rings. The normalized spacial score (nSPS) is 19.4. The number of likely N-dealkylation sites (N-methyl/N-ethyl adjacent to an activating group) is 1. The highest BCUT2D eigenvalue weighted by molar-refractivity contribution is 6.35. The fourth-order valence-electron chi connectivity index (χ4n) is 3.37. The molecular formula is C18H19Cl2NO3. The summed E-state index contributed by atoms with van der Waals surface area (Å²) in [6.07, 6.45) is 0.389. The predicted octanol–water partition coefficient (Wildman–Crippen LogP) is 4.19. The van der Waals surface area contributed by atoms with Gasteiger partial charge in [-0.05, 0) is 41.8 Å². The molecule has 4 nitrogen and oxygen atoms in total. The van der Waals surface area contributed by atoms with Crippen LogP contribution in [-0.4, -0.2) is 29.1 Å². The minimum Gasteiger partial charge on any atom is -0.456 e. The number of aliphatic hydroxyl groups is 1. The van der Waals surface area contributed by atoms with E-state index in [4.69, 9.17) is 27.6 Å². The van der Waals surface area contributed by atoms with Crippen molar-refractivity contribution in [2.24, 2.45) is 0 Å². The molecule has 0 saturated carbocycles. The molecule has 0 spiro atoms. The molecule has 1 aromatic carbocycles. The van der Waals surface area contributed by atoms with Crippen LogP contribution in [-0.2, 0) is 12.8 Å². The van der Waals surface area contributed by atoms with E-state index >= 15 is 0 Å². The molecule has 1 aliphatic carbocycles. The molecular weight excluding hydrogens is 349 g/mol. The van der Waals surface area contributed by atoms with Crippen LogP contribution in [0.4, 0.5) is 0 Å². The Morgan fingerprint density at radius 3 is 2.71 bits per heavy atom. The van der Waals surface area contributed by atoms with Gasteiger partial charge in [-0.1, -0.05) is 30.1 Å². The zero-order chi connectivity index (χ0) is 17.6. The van der Waals surface area contributed by atoms with E-state index < -0.39 is 12.1 Å². The molecule has 3 rings (SSSR count). The molecule has 24 heavy (non-hydrogen) atoms.